The molecule has 1 aliphatic heterocycles. The number of ether oxygens (including phenoxy) is 1. The lowest BCUT2D eigenvalue weighted by Gasteiger charge is -2.28. The molecule has 3 aromatic carbocycles. The largest absolute Gasteiger partial charge is 0.491 e. The number of benzene rings is 3. The first-order valence-corrected chi connectivity index (χ1v) is 10.7. The van der Waals surface area contributed by atoms with E-state index in [-0.39, 0.29) is 18.4 Å². The van der Waals surface area contributed by atoms with Crippen LogP contribution in [0.15, 0.2) is 60.7 Å². The minimum atomic E-state index is -0.709. The molecule has 0 aliphatic carbocycles. The molecule has 0 spiro atoms. The third-order valence-electron chi connectivity index (χ3n) is 5.36. The van der Waals surface area contributed by atoms with Gasteiger partial charge in [0.25, 0.3) is 0 Å². The van der Waals surface area contributed by atoms with E-state index in [0.717, 1.165) is 27.6 Å². The van der Waals surface area contributed by atoms with Gasteiger partial charge in [-0.05, 0) is 46.2 Å². The molecular weight excluding hydrogens is 406 g/mol. The molecule has 1 fully saturated rings. The third kappa shape index (κ3) is 5.43. The number of aliphatic hydroxyl groups excluding tert-OH is 1. The molecule has 32 heavy (non-hydrogen) atoms. The Hall–Kier alpha value is -3.42. The lowest BCUT2D eigenvalue weighted by Crippen LogP contribution is -2.50. The number of β-amino-alcohol motifs (C(OH)–C–C–N with tert-alkyl or cyclic N) is 1. The average Bonchev–Trinajstić information content (AvgIpc) is 2.77. The van der Waals surface area contributed by atoms with Crippen LogP contribution in [0, 0.1) is 0 Å². The number of hydrogen-bond donors (Lipinski definition) is 3. The summed E-state index contributed by atoms with van der Waals surface area (Å²) in [5.41, 5.74) is 2.66. The van der Waals surface area contributed by atoms with Gasteiger partial charge in [0.1, 0.15) is 18.5 Å². The first-order chi connectivity index (χ1) is 15.5. The van der Waals surface area contributed by atoms with Crippen molar-refractivity contribution >= 4 is 28.3 Å². The van der Waals surface area contributed by atoms with Gasteiger partial charge in [-0.2, -0.15) is 0 Å². The van der Waals surface area contributed by atoms with Crippen LogP contribution in [0.3, 0.4) is 0 Å². The third-order valence-corrected chi connectivity index (χ3v) is 5.36. The Balaban J connectivity index is 1.54. The quantitative estimate of drug-likeness (QED) is 0.533. The van der Waals surface area contributed by atoms with Crippen LogP contribution in [0.1, 0.15) is 6.92 Å². The molecule has 1 unspecified atom stereocenters. The molecule has 1 saturated heterocycles. The maximum Gasteiger partial charge on any atom is 0.234 e. The maximum absolute atomic E-state index is 11.5. The van der Waals surface area contributed by atoms with Crippen LogP contribution < -0.4 is 15.4 Å². The number of carbonyl (C=O) groups excluding carboxylic acids is 2. The van der Waals surface area contributed by atoms with E-state index in [9.17, 15) is 14.7 Å². The number of rotatable bonds is 7. The van der Waals surface area contributed by atoms with Crippen LogP contribution in [-0.4, -0.2) is 60.7 Å². The smallest absolute Gasteiger partial charge is 0.234 e. The number of hydrogen-bond acceptors (Lipinski definition) is 5. The van der Waals surface area contributed by atoms with E-state index in [2.05, 4.69) is 16.7 Å². The van der Waals surface area contributed by atoms with E-state index >= 15 is 0 Å². The summed E-state index contributed by atoms with van der Waals surface area (Å²) >= 11 is 0. The van der Waals surface area contributed by atoms with Gasteiger partial charge in [0.2, 0.25) is 11.8 Å². The number of amides is 2. The van der Waals surface area contributed by atoms with Crippen molar-refractivity contribution in [2.75, 3.05) is 38.1 Å². The molecule has 1 atom stereocenters. The van der Waals surface area contributed by atoms with Crippen LogP contribution >= 0.6 is 0 Å². The zero-order valence-electron chi connectivity index (χ0n) is 18.0. The Morgan fingerprint density at radius 3 is 2.84 bits per heavy atom. The number of fused-ring (bicyclic) bond motifs is 1. The topological polar surface area (TPSA) is 90.9 Å². The minimum absolute atomic E-state index is 0.0231. The molecule has 0 aromatic heterocycles. The fourth-order valence-electron chi connectivity index (χ4n) is 3.96. The van der Waals surface area contributed by atoms with E-state index in [4.69, 9.17) is 4.74 Å². The number of aliphatic hydroxyl groups is 1. The van der Waals surface area contributed by atoms with Gasteiger partial charge >= 0.3 is 0 Å². The van der Waals surface area contributed by atoms with Crippen LogP contribution in [0.25, 0.3) is 21.9 Å². The number of anilines is 1. The zero-order chi connectivity index (χ0) is 22.5. The summed E-state index contributed by atoms with van der Waals surface area (Å²) < 4.78 is 5.95. The summed E-state index contributed by atoms with van der Waals surface area (Å²) in [6, 6.07) is 19.6. The number of carbonyl (C=O) groups is 2. The number of nitrogens with zero attached hydrogens (tertiary/aromatic N) is 1. The van der Waals surface area contributed by atoms with Crippen molar-refractivity contribution in [2.45, 2.75) is 13.0 Å². The predicted octanol–water partition coefficient (Wildman–Crippen LogP) is 2.64. The van der Waals surface area contributed by atoms with E-state index in [1.54, 1.807) is 0 Å². The number of piperazine rings is 1. The van der Waals surface area contributed by atoms with E-state index < -0.39 is 6.10 Å². The molecule has 3 aromatic rings. The predicted molar refractivity (Wildman–Crippen MR) is 125 cm³/mol. The van der Waals surface area contributed by atoms with Gasteiger partial charge in [0, 0.05) is 32.2 Å². The van der Waals surface area contributed by atoms with Crippen molar-refractivity contribution in [3.05, 3.63) is 60.7 Å². The van der Waals surface area contributed by atoms with Gasteiger partial charge in [-0.15, -0.1) is 0 Å². The highest BCUT2D eigenvalue weighted by Crippen LogP contribution is 2.34. The Bertz CT molecular complexity index is 1130. The highest BCUT2D eigenvalue weighted by atomic mass is 16.5. The summed E-state index contributed by atoms with van der Waals surface area (Å²) in [5, 5.41) is 18.1. The van der Waals surface area contributed by atoms with Crippen molar-refractivity contribution in [1.29, 1.82) is 0 Å². The summed E-state index contributed by atoms with van der Waals surface area (Å²) in [5.74, 6) is 0.508. The standard InChI is InChI=1S/C25H27N3O4/c1-17(29)27-20-7-4-6-18(11-20)24-13-22(12-19-5-2-3-8-23(19)24)32-16-21(30)14-28-10-9-26-25(31)15-28/h2-8,11-13,21,30H,9-10,14-16H2,1H3,(H,26,31)(H,27,29). The second kappa shape index (κ2) is 9.80. The van der Waals surface area contributed by atoms with Crippen LogP contribution in [-0.2, 0) is 9.59 Å². The molecule has 1 aliphatic rings. The van der Waals surface area contributed by atoms with Crippen molar-refractivity contribution in [1.82, 2.24) is 10.2 Å². The molecule has 0 radical (unpaired) electrons. The lowest BCUT2D eigenvalue weighted by atomic mass is 9.97. The molecule has 1 heterocycles. The van der Waals surface area contributed by atoms with Gasteiger partial charge in [-0.25, -0.2) is 0 Å². The zero-order valence-corrected chi connectivity index (χ0v) is 18.0. The molecule has 7 nitrogen and oxygen atoms in total. The minimum Gasteiger partial charge on any atom is -0.491 e. The average molecular weight is 434 g/mol. The first-order valence-electron chi connectivity index (χ1n) is 10.7. The lowest BCUT2D eigenvalue weighted by molar-refractivity contribution is -0.124. The first kappa shape index (κ1) is 21.8. The van der Waals surface area contributed by atoms with Crippen molar-refractivity contribution in [2.24, 2.45) is 0 Å². The van der Waals surface area contributed by atoms with E-state index in [1.165, 1.54) is 6.92 Å². The molecule has 3 N–H and O–H groups in total. The monoisotopic (exact) mass is 433 g/mol. The molecule has 7 heteroatoms. The van der Waals surface area contributed by atoms with E-state index in [1.807, 2.05) is 59.5 Å². The molecule has 4 rings (SSSR count). The van der Waals surface area contributed by atoms with Crippen molar-refractivity contribution < 1.29 is 19.4 Å². The van der Waals surface area contributed by atoms with Gasteiger partial charge in [-0.1, -0.05) is 36.4 Å². The van der Waals surface area contributed by atoms with Crippen LogP contribution in [0.2, 0.25) is 0 Å². The SMILES string of the molecule is CC(=O)Nc1cccc(-c2cc(OCC(O)CN3CCNC(=O)C3)cc3ccccc23)c1. The number of nitrogens with one attached hydrogen (secondary N) is 2. The highest BCUT2D eigenvalue weighted by molar-refractivity contribution is 5.99. The normalized spacial score (nSPS) is 15.2. The van der Waals surface area contributed by atoms with E-state index in [0.29, 0.717) is 31.9 Å². The van der Waals surface area contributed by atoms with Crippen molar-refractivity contribution in [3.8, 4) is 16.9 Å². The molecular formula is C25H27N3O4. The fourth-order valence-corrected chi connectivity index (χ4v) is 3.96. The molecule has 2 amide bonds. The Morgan fingerprint density at radius 1 is 1.19 bits per heavy atom. The van der Waals surface area contributed by atoms with Gasteiger partial charge in [0.05, 0.1) is 6.54 Å². The summed E-state index contributed by atoms with van der Waals surface area (Å²) in [6.07, 6.45) is -0.709. The van der Waals surface area contributed by atoms with Gasteiger partial charge < -0.3 is 20.5 Å². The maximum atomic E-state index is 11.5. The summed E-state index contributed by atoms with van der Waals surface area (Å²) in [4.78, 5) is 24.9. The molecule has 0 bridgehead atoms. The second-order valence-electron chi connectivity index (χ2n) is 8.00. The van der Waals surface area contributed by atoms with Crippen LogP contribution in [0.4, 0.5) is 5.69 Å². The Labute approximate surface area is 187 Å². The highest BCUT2D eigenvalue weighted by Gasteiger charge is 2.19. The Kier molecular flexibility index (Phi) is 6.68. The summed E-state index contributed by atoms with van der Waals surface area (Å²) in [6.45, 7) is 3.60. The molecule has 0 saturated carbocycles. The Morgan fingerprint density at radius 2 is 2.03 bits per heavy atom. The second-order valence-corrected chi connectivity index (χ2v) is 8.00. The van der Waals surface area contributed by atoms with Crippen molar-refractivity contribution in [3.63, 3.8) is 0 Å². The summed E-state index contributed by atoms with van der Waals surface area (Å²) in [7, 11) is 0. The molecule has 166 valence electrons. The van der Waals surface area contributed by atoms with Gasteiger partial charge in [0.15, 0.2) is 0 Å². The van der Waals surface area contributed by atoms with Crippen LogP contribution in [0.5, 0.6) is 5.75 Å². The fraction of sp³-hybridized carbons (Fsp3) is 0.280. The van der Waals surface area contributed by atoms with Gasteiger partial charge in [-0.3, -0.25) is 14.5 Å².